The third-order valence-electron chi connectivity index (χ3n) is 1.33. The lowest BCUT2D eigenvalue weighted by atomic mass is 10.2. The van der Waals surface area contributed by atoms with Crippen LogP contribution < -0.4 is 11.2 Å². The number of hydroxylamine groups is 1. The average molecular weight is 254 g/mol. The van der Waals surface area contributed by atoms with Gasteiger partial charge in [0, 0.05) is 13.3 Å². The van der Waals surface area contributed by atoms with Crippen molar-refractivity contribution in [1.29, 1.82) is 0 Å². The first-order valence-electron chi connectivity index (χ1n) is 5.10. The van der Waals surface area contributed by atoms with Gasteiger partial charge in [0.15, 0.2) is 0 Å². The summed E-state index contributed by atoms with van der Waals surface area (Å²) in [5, 5.41) is 0. The van der Waals surface area contributed by atoms with Gasteiger partial charge < -0.3 is 10.6 Å². The molecule has 0 aliphatic carbocycles. The van der Waals surface area contributed by atoms with E-state index in [9.17, 15) is 14.4 Å². The monoisotopic (exact) mass is 254 g/mol. The van der Waals surface area contributed by atoms with Crippen LogP contribution in [0, 0.1) is 0 Å². The molecule has 100 valence electrons. The molecule has 0 aliphatic rings. The number of primary amides is 1. The second-order valence-electron chi connectivity index (χ2n) is 2.94. The molecule has 0 aromatic carbocycles. The van der Waals surface area contributed by atoms with E-state index in [1.165, 1.54) is 25.2 Å². The molecule has 0 aromatic heterocycles. The standard InChI is InChI=1S/C10H13NO3.C2H5NO/c1-4-7-8(5-2)10(13)14-11-9(12)6-3;1-2(3)4/h4-5,7H,1-2,6H2,3H3,(H,11,12);1H3,(H2,3,4)/b8-7+;. The third-order valence-corrected chi connectivity index (χ3v) is 1.33. The normalized spacial score (nSPS) is 9.33. The largest absolute Gasteiger partial charge is 0.370 e. The van der Waals surface area contributed by atoms with Crippen LogP contribution in [0.3, 0.4) is 0 Å². The minimum atomic E-state index is -0.665. The number of nitrogens with two attached hydrogens (primary N) is 1. The van der Waals surface area contributed by atoms with Crippen LogP contribution in [0.5, 0.6) is 0 Å². The van der Waals surface area contributed by atoms with E-state index < -0.39 is 5.97 Å². The quantitative estimate of drug-likeness (QED) is 0.439. The van der Waals surface area contributed by atoms with Gasteiger partial charge in [-0.15, -0.1) is 0 Å². The molecule has 0 saturated carbocycles. The van der Waals surface area contributed by atoms with Crippen LogP contribution in [0.25, 0.3) is 0 Å². The van der Waals surface area contributed by atoms with Gasteiger partial charge in [-0.05, 0) is 6.08 Å². The van der Waals surface area contributed by atoms with E-state index in [0.717, 1.165) is 0 Å². The van der Waals surface area contributed by atoms with E-state index in [2.05, 4.69) is 23.7 Å². The highest BCUT2D eigenvalue weighted by Gasteiger charge is 2.08. The number of carbonyl (C=O) groups excluding carboxylic acids is 3. The van der Waals surface area contributed by atoms with Gasteiger partial charge in [-0.25, -0.2) is 4.79 Å². The molecule has 0 unspecified atom stereocenters. The lowest BCUT2D eigenvalue weighted by molar-refractivity contribution is -0.154. The first-order chi connectivity index (χ1) is 8.38. The van der Waals surface area contributed by atoms with Crippen molar-refractivity contribution in [1.82, 2.24) is 5.48 Å². The maximum absolute atomic E-state index is 11.2. The van der Waals surface area contributed by atoms with Gasteiger partial charge in [0.1, 0.15) is 0 Å². The topological polar surface area (TPSA) is 98.5 Å². The zero-order valence-corrected chi connectivity index (χ0v) is 10.6. The van der Waals surface area contributed by atoms with Crippen LogP contribution in [0.1, 0.15) is 20.3 Å². The maximum Gasteiger partial charge on any atom is 0.362 e. The fourth-order valence-corrected chi connectivity index (χ4v) is 0.581. The molecule has 6 heteroatoms. The number of amides is 2. The zero-order valence-electron chi connectivity index (χ0n) is 10.6. The number of nitrogens with one attached hydrogen (secondary N) is 1. The van der Waals surface area contributed by atoms with Crippen molar-refractivity contribution in [3.8, 4) is 0 Å². The summed E-state index contributed by atoms with van der Waals surface area (Å²) in [6, 6.07) is 0. The number of hydrogen-bond acceptors (Lipinski definition) is 4. The predicted octanol–water partition coefficient (Wildman–Crippen LogP) is 0.761. The number of rotatable bonds is 4. The second kappa shape index (κ2) is 11.1. The first kappa shape index (κ1) is 18.0. The maximum atomic E-state index is 11.2. The molecule has 0 aromatic rings. The van der Waals surface area contributed by atoms with E-state index in [1.54, 1.807) is 6.92 Å². The molecule has 18 heavy (non-hydrogen) atoms. The van der Waals surface area contributed by atoms with Crippen molar-refractivity contribution in [2.75, 3.05) is 0 Å². The molecule has 6 nitrogen and oxygen atoms in total. The Morgan fingerprint density at radius 3 is 2.17 bits per heavy atom. The lowest BCUT2D eigenvalue weighted by Gasteiger charge is -2.03. The fourth-order valence-electron chi connectivity index (χ4n) is 0.581. The smallest absolute Gasteiger partial charge is 0.362 e. The van der Waals surface area contributed by atoms with Gasteiger partial charge in [0.05, 0.1) is 5.57 Å². The summed E-state index contributed by atoms with van der Waals surface area (Å²) < 4.78 is 0. The Labute approximate surface area is 106 Å². The molecule has 3 N–H and O–H groups in total. The second-order valence-corrected chi connectivity index (χ2v) is 2.94. The SMILES string of the molecule is C=C/C=C(\C=C)C(=O)ONC(=O)CC.CC(N)=O. The van der Waals surface area contributed by atoms with E-state index in [4.69, 9.17) is 0 Å². The van der Waals surface area contributed by atoms with E-state index in [1.807, 2.05) is 5.48 Å². The summed E-state index contributed by atoms with van der Waals surface area (Å²) in [6.45, 7) is 9.80. The molecular formula is C12H18N2O4. The van der Waals surface area contributed by atoms with Crippen LogP contribution >= 0.6 is 0 Å². The molecular weight excluding hydrogens is 236 g/mol. The Morgan fingerprint density at radius 1 is 1.33 bits per heavy atom. The number of hydrogen-bond donors (Lipinski definition) is 2. The van der Waals surface area contributed by atoms with Crippen molar-refractivity contribution < 1.29 is 19.2 Å². The van der Waals surface area contributed by atoms with Crippen molar-refractivity contribution in [2.24, 2.45) is 5.73 Å². The average Bonchev–Trinajstić information content (AvgIpc) is 2.31. The van der Waals surface area contributed by atoms with Crippen molar-refractivity contribution in [3.05, 3.63) is 37.0 Å². The lowest BCUT2D eigenvalue weighted by Crippen LogP contribution is -2.26. The highest BCUT2D eigenvalue weighted by molar-refractivity contribution is 5.92. The van der Waals surface area contributed by atoms with Gasteiger partial charge in [0.2, 0.25) is 5.91 Å². The Bertz CT molecular complexity index is 355. The summed E-state index contributed by atoms with van der Waals surface area (Å²) in [5.41, 5.74) is 6.70. The summed E-state index contributed by atoms with van der Waals surface area (Å²) in [7, 11) is 0. The summed E-state index contributed by atoms with van der Waals surface area (Å²) in [4.78, 5) is 35.6. The summed E-state index contributed by atoms with van der Waals surface area (Å²) in [6.07, 6.45) is 4.44. The molecule has 0 rings (SSSR count). The molecule has 0 saturated heterocycles. The van der Waals surface area contributed by atoms with E-state index in [-0.39, 0.29) is 23.8 Å². The van der Waals surface area contributed by atoms with E-state index in [0.29, 0.717) is 0 Å². The third kappa shape index (κ3) is 11.7. The van der Waals surface area contributed by atoms with Crippen LogP contribution in [-0.2, 0) is 19.2 Å². The molecule has 0 radical (unpaired) electrons. The highest BCUT2D eigenvalue weighted by Crippen LogP contribution is 1.98. The van der Waals surface area contributed by atoms with Gasteiger partial charge >= 0.3 is 5.97 Å². The van der Waals surface area contributed by atoms with Gasteiger partial charge in [-0.2, -0.15) is 5.48 Å². The van der Waals surface area contributed by atoms with Crippen LogP contribution in [0.15, 0.2) is 37.0 Å². The Kier molecular flexibility index (Phi) is 11.1. The molecule has 0 heterocycles. The van der Waals surface area contributed by atoms with Crippen LogP contribution in [0.2, 0.25) is 0 Å². The molecule has 0 spiro atoms. The van der Waals surface area contributed by atoms with Crippen molar-refractivity contribution in [3.63, 3.8) is 0 Å². The van der Waals surface area contributed by atoms with Gasteiger partial charge in [-0.3, -0.25) is 9.59 Å². The molecule has 0 aliphatic heterocycles. The highest BCUT2D eigenvalue weighted by atomic mass is 16.7. The predicted molar refractivity (Wildman–Crippen MR) is 67.9 cm³/mol. The Hall–Kier alpha value is -2.37. The number of carbonyl (C=O) groups is 3. The molecule has 0 fully saturated rings. The molecule has 0 atom stereocenters. The van der Waals surface area contributed by atoms with Crippen molar-refractivity contribution in [2.45, 2.75) is 20.3 Å². The van der Waals surface area contributed by atoms with Gasteiger partial charge in [0.25, 0.3) is 5.91 Å². The Morgan fingerprint density at radius 2 is 1.83 bits per heavy atom. The summed E-state index contributed by atoms with van der Waals surface area (Å²) in [5.74, 6) is -1.36. The van der Waals surface area contributed by atoms with Gasteiger partial charge in [-0.1, -0.05) is 32.2 Å². The van der Waals surface area contributed by atoms with E-state index >= 15 is 0 Å². The zero-order chi connectivity index (χ0) is 14.6. The minimum absolute atomic E-state index is 0.233. The molecule has 0 bridgehead atoms. The fraction of sp³-hybridized carbons (Fsp3) is 0.250. The Balaban J connectivity index is 0. The summed E-state index contributed by atoms with van der Waals surface area (Å²) >= 11 is 0. The van der Waals surface area contributed by atoms with Crippen molar-refractivity contribution >= 4 is 17.8 Å². The first-order valence-corrected chi connectivity index (χ1v) is 5.10. The minimum Gasteiger partial charge on any atom is -0.370 e. The van der Waals surface area contributed by atoms with Crippen LogP contribution in [0.4, 0.5) is 0 Å². The number of allylic oxidation sites excluding steroid dienone is 2. The molecule has 2 amide bonds. The van der Waals surface area contributed by atoms with Crippen LogP contribution in [-0.4, -0.2) is 17.8 Å².